The number of fused-ring (bicyclic) bond motifs is 2. The molecule has 0 amide bonds. The molecular weight excluding hydrogens is 769 g/mol. The van der Waals surface area contributed by atoms with Gasteiger partial charge < -0.3 is 39.2 Å². The van der Waals surface area contributed by atoms with E-state index < -0.39 is 5.97 Å². The van der Waals surface area contributed by atoms with Crippen LogP contribution in [0.3, 0.4) is 0 Å². The first-order valence-corrected chi connectivity index (χ1v) is 20.3. The smallest absolute Gasteiger partial charge is 0.310 e. The van der Waals surface area contributed by atoms with Gasteiger partial charge in [-0.25, -0.2) is 0 Å². The number of benzene rings is 6. The molecule has 6 aromatic carbocycles. The summed E-state index contributed by atoms with van der Waals surface area (Å²) in [5.41, 5.74) is 17.9. The molecule has 2 heterocycles. The van der Waals surface area contributed by atoms with Gasteiger partial charge in [0.1, 0.15) is 35.9 Å². The number of carboxylic acid groups (broad SMARTS) is 1. The zero-order valence-electron chi connectivity index (χ0n) is 33.8. The zero-order chi connectivity index (χ0) is 42.1. The first kappa shape index (κ1) is 40.6. The molecule has 0 saturated carbocycles. The van der Waals surface area contributed by atoms with Gasteiger partial charge >= 0.3 is 11.9 Å². The molecule has 4 N–H and O–H groups in total. The van der Waals surface area contributed by atoms with Gasteiger partial charge in [-0.3, -0.25) is 9.59 Å². The quantitative estimate of drug-likeness (QED) is 0.0716. The van der Waals surface area contributed by atoms with Gasteiger partial charge in [0.2, 0.25) is 0 Å². The van der Waals surface area contributed by atoms with Crippen LogP contribution in [0.1, 0.15) is 45.9 Å². The molecule has 0 unspecified atom stereocenters. The van der Waals surface area contributed by atoms with E-state index in [1.165, 1.54) is 0 Å². The zero-order valence-corrected chi connectivity index (χ0v) is 33.8. The summed E-state index contributed by atoms with van der Waals surface area (Å²) in [6, 6.07) is 41.5. The summed E-state index contributed by atoms with van der Waals surface area (Å²) >= 11 is 0. The SMILES string of the molecule is CCOC(=O)Cc1cc(CNCc2cccc(-c3coc4ccc(COc5ccccc5CC(=O)O)cc34)c2)ccc1OCc1ccc2occ(-c3cccc(CN)c3)c2c1. The van der Waals surface area contributed by atoms with E-state index in [-0.39, 0.29) is 25.4 Å². The maximum atomic E-state index is 12.7. The minimum absolute atomic E-state index is 0.0893. The average molecular weight is 815 g/mol. The number of rotatable bonds is 18. The molecule has 0 aliphatic carbocycles. The van der Waals surface area contributed by atoms with Crippen molar-refractivity contribution in [2.45, 2.75) is 52.6 Å². The Hall–Kier alpha value is -7.14. The van der Waals surface area contributed by atoms with E-state index in [2.05, 4.69) is 47.8 Å². The van der Waals surface area contributed by atoms with E-state index in [0.29, 0.717) is 49.9 Å². The van der Waals surface area contributed by atoms with Gasteiger partial charge in [0.15, 0.2) is 0 Å². The average Bonchev–Trinajstić information content (AvgIpc) is 3.90. The second kappa shape index (κ2) is 18.8. The van der Waals surface area contributed by atoms with E-state index in [4.69, 9.17) is 28.8 Å². The monoisotopic (exact) mass is 814 g/mol. The normalized spacial score (nSPS) is 11.2. The summed E-state index contributed by atoms with van der Waals surface area (Å²) in [7, 11) is 0. The molecule has 10 nitrogen and oxygen atoms in total. The molecule has 0 aliphatic rings. The molecule has 0 radical (unpaired) electrons. The van der Waals surface area contributed by atoms with E-state index in [1.807, 2.05) is 72.8 Å². The maximum Gasteiger partial charge on any atom is 0.310 e. The van der Waals surface area contributed by atoms with E-state index in [1.54, 1.807) is 31.6 Å². The van der Waals surface area contributed by atoms with Crippen molar-refractivity contribution in [2.24, 2.45) is 5.73 Å². The summed E-state index contributed by atoms with van der Waals surface area (Å²) in [6.45, 7) is 4.32. The number of nitrogens with two attached hydrogens (primary N) is 1. The lowest BCUT2D eigenvalue weighted by atomic mass is 10.0. The van der Waals surface area contributed by atoms with Gasteiger partial charge in [-0.1, -0.05) is 78.9 Å². The molecule has 0 atom stereocenters. The summed E-state index contributed by atoms with van der Waals surface area (Å²) < 4.78 is 29.6. The second-order valence-corrected chi connectivity index (χ2v) is 14.8. The Morgan fingerprint density at radius 1 is 0.607 bits per heavy atom. The van der Waals surface area contributed by atoms with Gasteiger partial charge in [0.05, 0.1) is 32.0 Å². The summed E-state index contributed by atoms with van der Waals surface area (Å²) in [6.07, 6.45) is 3.53. The maximum absolute atomic E-state index is 12.7. The third-order valence-electron chi connectivity index (χ3n) is 10.5. The highest BCUT2D eigenvalue weighted by atomic mass is 16.5. The molecule has 0 fully saturated rings. The Balaban J connectivity index is 0.930. The number of nitrogens with one attached hydrogen (secondary N) is 1. The predicted molar refractivity (Wildman–Crippen MR) is 235 cm³/mol. The molecule has 8 rings (SSSR count). The number of furan rings is 2. The number of esters is 1. The number of para-hydroxylation sites is 1. The van der Waals surface area contributed by atoms with Crippen LogP contribution >= 0.6 is 0 Å². The van der Waals surface area contributed by atoms with Crippen LogP contribution < -0.4 is 20.5 Å². The van der Waals surface area contributed by atoms with Crippen LogP contribution in [0.5, 0.6) is 11.5 Å². The Labute approximate surface area is 353 Å². The Bertz CT molecular complexity index is 2820. The largest absolute Gasteiger partial charge is 0.489 e. The number of ether oxygens (including phenoxy) is 3. The molecular formula is C51H46N2O8. The van der Waals surface area contributed by atoms with Crippen LogP contribution in [0, 0.1) is 0 Å². The lowest BCUT2D eigenvalue weighted by molar-refractivity contribution is -0.142. The van der Waals surface area contributed by atoms with Crippen LogP contribution in [0.2, 0.25) is 0 Å². The highest BCUT2D eigenvalue weighted by molar-refractivity contribution is 5.95. The minimum Gasteiger partial charge on any atom is -0.489 e. The lowest BCUT2D eigenvalue weighted by Gasteiger charge is -2.14. The highest BCUT2D eigenvalue weighted by Crippen LogP contribution is 2.34. The predicted octanol–water partition coefficient (Wildman–Crippen LogP) is 10.2. The van der Waals surface area contributed by atoms with Crippen LogP contribution in [-0.4, -0.2) is 23.7 Å². The third-order valence-corrected chi connectivity index (χ3v) is 10.5. The standard InChI is InChI=1S/C51H46N2O8/c1-2-57-51(56)25-41-21-35(13-16-47(41)59-30-37-15-18-48-42(23-37)44(31-60-48)38-10-5-7-33(19-38)26-52)28-53-27-34-8-6-11-39(20-34)45-32-61-49-17-14-36(22-43(45)49)29-58-46-12-4-3-9-40(46)24-50(54)55/h3-23,31-32,53H,2,24-30,52H2,1H3,(H,54,55). The van der Waals surface area contributed by atoms with Crippen molar-refractivity contribution in [2.75, 3.05) is 6.61 Å². The van der Waals surface area contributed by atoms with Crippen molar-refractivity contribution in [3.63, 3.8) is 0 Å². The molecule has 0 aliphatic heterocycles. The van der Waals surface area contributed by atoms with Gasteiger partial charge in [0.25, 0.3) is 0 Å². The van der Waals surface area contributed by atoms with Crippen molar-refractivity contribution in [3.05, 3.63) is 179 Å². The van der Waals surface area contributed by atoms with Crippen LogP contribution in [0.4, 0.5) is 0 Å². The number of carbonyl (C=O) groups excluding carboxylic acids is 1. The van der Waals surface area contributed by atoms with Crippen molar-refractivity contribution in [3.8, 4) is 33.8 Å². The number of hydrogen-bond donors (Lipinski definition) is 3. The summed E-state index contributed by atoms with van der Waals surface area (Å²) in [5.74, 6) is -0.0446. The van der Waals surface area contributed by atoms with Crippen LogP contribution in [-0.2, 0) is 60.0 Å². The van der Waals surface area contributed by atoms with Crippen molar-refractivity contribution in [1.29, 1.82) is 0 Å². The van der Waals surface area contributed by atoms with Crippen LogP contribution in [0.25, 0.3) is 44.2 Å². The van der Waals surface area contributed by atoms with Crippen molar-refractivity contribution < 1.29 is 37.7 Å². The highest BCUT2D eigenvalue weighted by Gasteiger charge is 2.15. The third kappa shape index (κ3) is 9.84. The molecule has 0 bridgehead atoms. The molecule has 0 saturated heterocycles. The number of carbonyl (C=O) groups is 2. The Morgan fingerprint density at radius 2 is 1.18 bits per heavy atom. The van der Waals surface area contributed by atoms with Gasteiger partial charge in [-0.05, 0) is 94.4 Å². The van der Waals surface area contributed by atoms with Gasteiger partial charge in [-0.2, -0.15) is 0 Å². The first-order valence-electron chi connectivity index (χ1n) is 20.3. The van der Waals surface area contributed by atoms with E-state index in [0.717, 1.165) is 77.6 Å². The summed E-state index contributed by atoms with van der Waals surface area (Å²) in [5, 5.41) is 14.8. The fourth-order valence-electron chi connectivity index (χ4n) is 7.51. The molecule has 8 aromatic rings. The van der Waals surface area contributed by atoms with Crippen LogP contribution in [0.15, 0.2) is 149 Å². The molecule has 0 spiro atoms. The summed E-state index contributed by atoms with van der Waals surface area (Å²) in [4.78, 5) is 24.0. The van der Waals surface area contributed by atoms with Gasteiger partial charge in [0, 0.05) is 52.7 Å². The lowest BCUT2D eigenvalue weighted by Crippen LogP contribution is -2.14. The topological polar surface area (TPSA) is 146 Å². The Morgan fingerprint density at radius 3 is 1.80 bits per heavy atom. The minimum atomic E-state index is -0.907. The second-order valence-electron chi connectivity index (χ2n) is 14.8. The van der Waals surface area contributed by atoms with Gasteiger partial charge in [-0.15, -0.1) is 0 Å². The number of aliphatic carboxylic acids is 1. The van der Waals surface area contributed by atoms with E-state index >= 15 is 0 Å². The fourth-order valence-corrected chi connectivity index (χ4v) is 7.51. The number of carboxylic acids is 1. The molecule has 10 heteroatoms. The first-order chi connectivity index (χ1) is 29.8. The van der Waals surface area contributed by atoms with Crippen molar-refractivity contribution in [1.82, 2.24) is 5.32 Å². The molecule has 2 aromatic heterocycles. The number of hydrogen-bond acceptors (Lipinski definition) is 9. The molecule has 61 heavy (non-hydrogen) atoms. The van der Waals surface area contributed by atoms with Crippen molar-refractivity contribution >= 4 is 33.9 Å². The van der Waals surface area contributed by atoms with E-state index in [9.17, 15) is 14.7 Å². The fraction of sp³-hybridized carbons (Fsp3) is 0.176. The molecule has 308 valence electrons. The Kier molecular flexibility index (Phi) is 12.6.